The molecule has 1 saturated carbocycles. The van der Waals surface area contributed by atoms with Crippen LogP contribution in [0.2, 0.25) is 0 Å². The lowest BCUT2D eigenvalue weighted by Gasteiger charge is -2.32. The second kappa shape index (κ2) is 9.28. The first kappa shape index (κ1) is 19.1. The van der Waals surface area contributed by atoms with Crippen molar-refractivity contribution in [1.29, 1.82) is 0 Å². The zero-order chi connectivity index (χ0) is 18.4. The van der Waals surface area contributed by atoms with Gasteiger partial charge in [-0.25, -0.2) is 4.99 Å². The van der Waals surface area contributed by atoms with Gasteiger partial charge in [0.1, 0.15) is 5.82 Å². The summed E-state index contributed by atoms with van der Waals surface area (Å²) >= 11 is 1.63. The van der Waals surface area contributed by atoms with Crippen molar-refractivity contribution < 1.29 is 0 Å². The number of hydrogen-bond donors (Lipinski definition) is 2. The molecule has 0 radical (unpaired) electrons. The fourth-order valence-electron chi connectivity index (χ4n) is 3.22. The van der Waals surface area contributed by atoms with Crippen LogP contribution in [-0.2, 0) is 0 Å². The van der Waals surface area contributed by atoms with Crippen molar-refractivity contribution in [3.05, 3.63) is 53.9 Å². The quantitative estimate of drug-likeness (QED) is 0.606. The van der Waals surface area contributed by atoms with Crippen LogP contribution in [0.3, 0.4) is 0 Å². The van der Waals surface area contributed by atoms with Gasteiger partial charge in [-0.3, -0.25) is 0 Å². The first-order valence-electron chi connectivity index (χ1n) is 9.47. The lowest BCUT2D eigenvalue weighted by Crippen LogP contribution is -2.41. The molecule has 0 atom stereocenters. The first-order chi connectivity index (χ1) is 12.7. The summed E-state index contributed by atoms with van der Waals surface area (Å²) in [5, 5.41) is 8.03. The van der Waals surface area contributed by atoms with Gasteiger partial charge in [0, 0.05) is 11.7 Å². The third-order valence-corrected chi connectivity index (χ3v) is 5.72. The Balaban J connectivity index is 1.70. The molecule has 1 heterocycles. The summed E-state index contributed by atoms with van der Waals surface area (Å²) in [6.07, 6.45) is 8.04. The average molecular weight is 371 g/mol. The van der Waals surface area contributed by atoms with E-state index in [0.29, 0.717) is 6.04 Å². The van der Waals surface area contributed by atoms with Crippen LogP contribution in [0.15, 0.2) is 53.3 Å². The highest BCUT2D eigenvalue weighted by atomic mass is 32.2. The topological polar surface area (TPSA) is 39.7 Å². The van der Waals surface area contributed by atoms with E-state index in [9.17, 15) is 0 Å². The number of allylic oxidation sites excluding steroid dienone is 1. The number of benzene rings is 1. The molecule has 1 aromatic carbocycles. The molecule has 3 rings (SSSR count). The van der Waals surface area contributed by atoms with Crippen molar-refractivity contribution in [3.8, 4) is 0 Å². The average Bonchev–Trinajstić information content (AvgIpc) is 2.62. The predicted molar refractivity (Wildman–Crippen MR) is 114 cm³/mol. The van der Waals surface area contributed by atoms with Crippen LogP contribution in [0.25, 0.3) is 5.70 Å². The highest BCUT2D eigenvalue weighted by Gasteiger charge is 2.21. The minimum Gasteiger partial charge on any atom is -0.367 e. The maximum Gasteiger partial charge on any atom is 0.167 e. The molecular weight excluding hydrogens is 340 g/mol. The molecule has 2 N–H and O–H groups in total. The van der Waals surface area contributed by atoms with Crippen molar-refractivity contribution in [1.82, 2.24) is 15.5 Å². The van der Waals surface area contributed by atoms with Gasteiger partial charge in [-0.1, -0.05) is 48.7 Å². The molecule has 0 bridgehead atoms. The number of nitrogens with one attached hydrogen (secondary N) is 2. The van der Waals surface area contributed by atoms with Crippen molar-refractivity contribution in [2.75, 3.05) is 26.4 Å². The third kappa shape index (κ3) is 5.15. The summed E-state index contributed by atoms with van der Waals surface area (Å²) in [4.78, 5) is 7.36. The Bertz CT molecular complexity index is 667. The van der Waals surface area contributed by atoms with Crippen LogP contribution in [0.1, 0.15) is 37.7 Å². The molecule has 0 spiro atoms. The highest BCUT2D eigenvalue weighted by Crippen LogP contribution is 2.29. The number of hydrogen-bond acceptors (Lipinski definition) is 4. The summed E-state index contributed by atoms with van der Waals surface area (Å²) in [6, 6.07) is 10.7. The van der Waals surface area contributed by atoms with Crippen LogP contribution in [0.5, 0.6) is 0 Å². The molecule has 1 saturated heterocycles. The van der Waals surface area contributed by atoms with Crippen molar-refractivity contribution >= 4 is 22.6 Å². The van der Waals surface area contributed by atoms with Crippen LogP contribution in [0, 0.1) is 0 Å². The van der Waals surface area contributed by atoms with Gasteiger partial charge in [-0.05, 0) is 69.6 Å². The summed E-state index contributed by atoms with van der Waals surface area (Å²) in [5.41, 5.74) is 3.44. The predicted octanol–water partition coefficient (Wildman–Crippen LogP) is 4.05. The normalized spacial score (nSPS) is 19.0. The van der Waals surface area contributed by atoms with E-state index in [1.54, 1.807) is 11.8 Å². The second-order valence-electron chi connectivity index (χ2n) is 7.12. The lowest BCUT2D eigenvalue weighted by atomic mass is 9.92. The lowest BCUT2D eigenvalue weighted by molar-refractivity contribution is 0.240. The van der Waals surface area contributed by atoms with E-state index in [2.05, 4.69) is 47.5 Å². The fourth-order valence-corrected chi connectivity index (χ4v) is 3.62. The number of piperidine rings is 1. The van der Waals surface area contributed by atoms with E-state index < -0.39 is 0 Å². The maximum atomic E-state index is 4.96. The van der Waals surface area contributed by atoms with Gasteiger partial charge in [-0.15, -0.1) is 0 Å². The van der Waals surface area contributed by atoms with E-state index >= 15 is 0 Å². The monoisotopic (exact) mass is 370 g/mol. The van der Waals surface area contributed by atoms with Crippen LogP contribution in [-0.4, -0.2) is 42.5 Å². The second-order valence-corrected chi connectivity index (χ2v) is 7.91. The summed E-state index contributed by atoms with van der Waals surface area (Å²) < 4.78 is 0. The number of amidine groups is 1. The molecule has 2 fully saturated rings. The van der Waals surface area contributed by atoms with Crippen molar-refractivity contribution in [3.63, 3.8) is 0 Å². The van der Waals surface area contributed by atoms with Crippen molar-refractivity contribution in [2.45, 2.75) is 38.1 Å². The number of likely N-dealkylation sites (tertiary alicyclic amines) is 1. The Morgan fingerprint density at radius 2 is 1.88 bits per heavy atom. The van der Waals surface area contributed by atoms with E-state index in [1.807, 2.05) is 18.2 Å². The summed E-state index contributed by atoms with van der Waals surface area (Å²) in [6.45, 7) is 6.49. The molecule has 1 aromatic rings. The molecule has 1 aliphatic heterocycles. The molecular formula is C21H30N4S. The number of aliphatic imine (C=N–C) groups is 1. The Labute approximate surface area is 161 Å². The van der Waals surface area contributed by atoms with Gasteiger partial charge in [-0.2, -0.15) is 0 Å². The third-order valence-electron chi connectivity index (χ3n) is 5.14. The van der Waals surface area contributed by atoms with Gasteiger partial charge >= 0.3 is 0 Å². The van der Waals surface area contributed by atoms with Gasteiger partial charge in [0.05, 0.1) is 0 Å². The zero-order valence-electron chi connectivity index (χ0n) is 15.9. The van der Waals surface area contributed by atoms with E-state index in [4.69, 9.17) is 4.99 Å². The fraction of sp³-hybridized carbons (Fsp3) is 0.476. The van der Waals surface area contributed by atoms with Gasteiger partial charge < -0.3 is 15.5 Å². The number of nitrogens with zero attached hydrogens (tertiary/aromatic N) is 2. The van der Waals surface area contributed by atoms with Crippen molar-refractivity contribution in [2.24, 2.45) is 4.99 Å². The SMILES string of the molecule is C=C(N/C(=N/C(NC1CCN(C)CC1)=C1CCC1)SC)c1ccccc1. The number of rotatable bonds is 5. The van der Waals surface area contributed by atoms with E-state index in [1.165, 1.54) is 37.7 Å². The minimum absolute atomic E-state index is 0.526. The molecule has 0 aromatic heterocycles. The Kier molecular flexibility index (Phi) is 6.80. The molecule has 0 amide bonds. The molecule has 0 unspecified atom stereocenters. The Morgan fingerprint density at radius 1 is 1.19 bits per heavy atom. The van der Waals surface area contributed by atoms with E-state index in [-0.39, 0.29) is 0 Å². The highest BCUT2D eigenvalue weighted by molar-refractivity contribution is 8.13. The molecule has 2 aliphatic rings. The molecule has 5 heteroatoms. The smallest absolute Gasteiger partial charge is 0.167 e. The maximum absolute atomic E-state index is 4.96. The first-order valence-corrected chi connectivity index (χ1v) is 10.7. The van der Waals surface area contributed by atoms with E-state index in [0.717, 1.165) is 35.3 Å². The van der Waals surface area contributed by atoms with Gasteiger partial charge in [0.25, 0.3) is 0 Å². The summed E-state index contributed by atoms with van der Waals surface area (Å²) in [5.74, 6) is 1.09. The molecule has 140 valence electrons. The summed E-state index contributed by atoms with van der Waals surface area (Å²) in [7, 11) is 2.20. The largest absolute Gasteiger partial charge is 0.367 e. The van der Waals surface area contributed by atoms with Gasteiger partial charge in [0.15, 0.2) is 5.17 Å². The standard InChI is InChI=1S/C21H30N4S/c1-16(17-8-5-4-6-9-17)22-21(26-3)24-20(18-10-7-11-18)23-19-12-14-25(2)15-13-19/h4-6,8-9,19,23H,1,7,10-15H2,2-3H3,(H,22,24). The Morgan fingerprint density at radius 3 is 2.46 bits per heavy atom. The van der Waals surface area contributed by atoms with Crippen LogP contribution < -0.4 is 10.6 Å². The van der Waals surface area contributed by atoms with Crippen LogP contribution >= 0.6 is 11.8 Å². The Hall–Kier alpha value is -1.72. The number of thioether (sulfide) groups is 1. The molecule has 4 nitrogen and oxygen atoms in total. The van der Waals surface area contributed by atoms with Gasteiger partial charge in [0.2, 0.25) is 0 Å². The molecule has 26 heavy (non-hydrogen) atoms. The minimum atomic E-state index is 0.526. The molecule has 1 aliphatic carbocycles. The van der Waals surface area contributed by atoms with Crippen LogP contribution in [0.4, 0.5) is 0 Å². The zero-order valence-corrected chi connectivity index (χ0v) is 16.7.